The molecule has 0 unspecified atom stereocenters. The number of furan rings is 1. The van der Waals surface area contributed by atoms with Gasteiger partial charge in [-0.25, -0.2) is 0 Å². The molecular formula is C24H17BrN4O2. The van der Waals surface area contributed by atoms with Gasteiger partial charge in [0, 0.05) is 15.7 Å². The summed E-state index contributed by atoms with van der Waals surface area (Å²) in [7, 11) is 0. The molecule has 0 atom stereocenters. The van der Waals surface area contributed by atoms with Gasteiger partial charge in [0.25, 0.3) is 5.91 Å². The highest BCUT2D eigenvalue weighted by Crippen LogP contribution is 2.25. The van der Waals surface area contributed by atoms with Gasteiger partial charge in [0.15, 0.2) is 5.76 Å². The Morgan fingerprint density at radius 1 is 0.903 bits per heavy atom. The van der Waals surface area contributed by atoms with Crippen LogP contribution in [0.2, 0.25) is 0 Å². The fraction of sp³-hybridized carbons (Fsp3) is 0.0417. The number of nitrogens with zero attached hydrogens (tertiary/aromatic N) is 3. The predicted octanol–water partition coefficient (Wildman–Crippen LogP) is 6.00. The van der Waals surface area contributed by atoms with E-state index in [-0.39, 0.29) is 11.7 Å². The molecule has 5 rings (SSSR count). The van der Waals surface area contributed by atoms with Crippen LogP contribution in [-0.4, -0.2) is 20.9 Å². The first-order chi connectivity index (χ1) is 15.0. The van der Waals surface area contributed by atoms with Gasteiger partial charge >= 0.3 is 0 Å². The first kappa shape index (κ1) is 19.3. The summed E-state index contributed by atoms with van der Waals surface area (Å²) < 4.78 is 6.73. The largest absolute Gasteiger partial charge is 0.451 e. The van der Waals surface area contributed by atoms with Gasteiger partial charge in [-0.05, 0) is 61.5 Å². The van der Waals surface area contributed by atoms with Crippen LogP contribution < -0.4 is 5.32 Å². The molecule has 152 valence electrons. The normalized spacial score (nSPS) is 11.0. The number of aromatic nitrogens is 3. The van der Waals surface area contributed by atoms with Gasteiger partial charge in [0.1, 0.15) is 16.8 Å². The maximum Gasteiger partial charge on any atom is 0.291 e. The lowest BCUT2D eigenvalue weighted by Crippen LogP contribution is -2.10. The Hall–Kier alpha value is -3.71. The number of hydrogen-bond acceptors (Lipinski definition) is 4. The summed E-state index contributed by atoms with van der Waals surface area (Å²) in [4.78, 5) is 14.2. The molecule has 0 saturated carbocycles. The molecule has 0 aliphatic heterocycles. The molecule has 3 aromatic carbocycles. The van der Waals surface area contributed by atoms with Crippen molar-refractivity contribution in [1.29, 1.82) is 0 Å². The molecule has 0 spiro atoms. The van der Waals surface area contributed by atoms with Crippen molar-refractivity contribution < 1.29 is 9.21 Å². The molecule has 5 aromatic rings. The molecule has 0 aliphatic carbocycles. The Labute approximate surface area is 186 Å². The summed E-state index contributed by atoms with van der Waals surface area (Å²) in [6.45, 7) is 2.03. The number of amides is 1. The molecule has 1 amide bonds. The molecule has 0 saturated heterocycles. The van der Waals surface area contributed by atoms with Crippen LogP contribution in [0.1, 0.15) is 16.1 Å². The Balaban J connectivity index is 1.36. The van der Waals surface area contributed by atoms with Crippen LogP contribution in [-0.2, 0) is 0 Å². The number of halogens is 1. The van der Waals surface area contributed by atoms with E-state index in [1.54, 1.807) is 29.1 Å². The Morgan fingerprint density at radius 2 is 1.65 bits per heavy atom. The molecule has 2 aromatic heterocycles. The van der Waals surface area contributed by atoms with Gasteiger partial charge in [-0.15, -0.1) is 10.2 Å². The van der Waals surface area contributed by atoms with Gasteiger partial charge in [-0.1, -0.05) is 45.8 Å². The van der Waals surface area contributed by atoms with E-state index < -0.39 is 0 Å². The second kappa shape index (κ2) is 7.85. The van der Waals surface area contributed by atoms with Crippen LogP contribution in [0, 0.1) is 6.92 Å². The second-order valence-electron chi connectivity index (χ2n) is 7.15. The number of benzene rings is 3. The summed E-state index contributed by atoms with van der Waals surface area (Å²) >= 11 is 3.41. The maximum absolute atomic E-state index is 12.7. The van der Waals surface area contributed by atoms with Gasteiger partial charge in [-0.3, -0.25) is 4.79 Å². The van der Waals surface area contributed by atoms with E-state index in [4.69, 9.17) is 4.42 Å². The molecule has 0 radical (unpaired) electrons. The van der Waals surface area contributed by atoms with Gasteiger partial charge < -0.3 is 9.73 Å². The van der Waals surface area contributed by atoms with E-state index in [9.17, 15) is 4.79 Å². The van der Waals surface area contributed by atoms with E-state index in [0.717, 1.165) is 21.2 Å². The Bertz CT molecular complexity index is 1390. The van der Waals surface area contributed by atoms with Crippen LogP contribution in [0.5, 0.6) is 0 Å². The lowest BCUT2D eigenvalue weighted by Gasteiger charge is -2.02. The van der Waals surface area contributed by atoms with Gasteiger partial charge in [-0.2, -0.15) is 4.80 Å². The van der Waals surface area contributed by atoms with Crippen LogP contribution in [0.25, 0.3) is 28.0 Å². The zero-order valence-electron chi connectivity index (χ0n) is 16.5. The fourth-order valence-electron chi connectivity index (χ4n) is 3.21. The number of aryl methyl sites for hydroxylation is 1. The molecule has 6 nitrogen and oxygen atoms in total. The first-order valence-corrected chi connectivity index (χ1v) is 10.5. The molecule has 0 bridgehead atoms. The number of hydrogen-bond donors (Lipinski definition) is 1. The molecular weight excluding hydrogens is 456 g/mol. The zero-order chi connectivity index (χ0) is 21.4. The SMILES string of the molecule is Cc1ccc(-n2nc3ccc(NC(=O)c4ccc(-c5ccc(Br)cc5)o4)cc3n2)cc1. The summed E-state index contributed by atoms with van der Waals surface area (Å²) in [5.74, 6) is 0.545. The van der Waals surface area contributed by atoms with E-state index in [2.05, 4.69) is 31.4 Å². The quantitative estimate of drug-likeness (QED) is 0.347. The van der Waals surface area contributed by atoms with E-state index in [1.807, 2.05) is 61.5 Å². The van der Waals surface area contributed by atoms with Crippen LogP contribution >= 0.6 is 15.9 Å². The van der Waals surface area contributed by atoms with Crippen molar-refractivity contribution in [2.24, 2.45) is 0 Å². The fourth-order valence-corrected chi connectivity index (χ4v) is 3.47. The van der Waals surface area contributed by atoms with Crippen molar-refractivity contribution in [3.05, 3.63) is 94.7 Å². The van der Waals surface area contributed by atoms with Crippen molar-refractivity contribution in [2.45, 2.75) is 6.92 Å². The Morgan fingerprint density at radius 3 is 2.42 bits per heavy atom. The highest BCUT2D eigenvalue weighted by atomic mass is 79.9. The highest BCUT2D eigenvalue weighted by molar-refractivity contribution is 9.10. The average molecular weight is 473 g/mol. The third-order valence-electron chi connectivity index (χ3n) is 4.86. The summed E-state index contributed by atoms with van der Waals surface area (Å²) in [5, 5.41) is 11.9. The summed E-state index contributed by atoms with van der Waals surface area (Å²) in [6, 6.07) is 24.6. The van der Waals surface area contributed by atoms with E-state index in [0.29, 0.717) is 17.0 Å². The van der Waals surface area contributed by atoms with Crippen molar-refractivity contribution >= 4 is 38.6 Å². The summed E-state index contributed by atoms with van der Waals surface area (Å²) in [5.41, 5.74) is 5.00. The maximum atomic E-state index is 12.7. The smallest absolute Gasteiger partial charge is 0.291 e. The van der Waals surface area contributed by atoms with Crippen LogP contribution in [0.4, 0.5) is 5.69 Å². The number of fused-ring (bicyclic) bond motifs is 1. The van der Waals surface area contributed by atoms with Gasteiger partial charge in [0.2, 0.25) is 0 Å². The number of nitrogens with one attached hydrogen (secondary N) is 1. The van der Waals surface area contributed by atoms with Crippen molar-refractivity contribution in [1.82, 2.24) is 15.0 Å². The molecule has 7 heteroatoms. The minimum atomic E-state index is -0.325. The highest BCUT2D eigenvalue weighted by Gasteiger charge is 2.14. The minimum Gasteiger partial charge on any atom is -0.451 e. The molecule has 0 fully saturated rings. The van der Waals surface area contributed by atoms with Crippen molar-refractivity contribution in [3.8, 4) is 17.0 Å². The Kier molecular flexibility index (Phi) is 4.88. The number of rotatable bonds is 4. The van der Waals surface area contributed by atoms with E-state index >= 15 is 0 Å². The van der Waals surface area contributed by atoms with Gasteiger partial charge in [0.05, 0.1) is 5.69 Å². The summed E-state index contributed by atoms with van der Waals surface area (Å²) in [6.07, 6.45) is 0. The number of carbonyl (C=O) groups excluding carboxylic acids is 1. The topological polar surface area (TPSA) is 73.0 Å². The minimum absolute atomic E-state index is 0.237. The third kappa shape index (κ3) is 4.00. The second-order valence-corrected chi connectivity index (χ2v) is 8.07. The standard InChI is InChI=1S/C24H17BrN4O2/c1-15-2-9-19(10-3-15)29-27-20-11-8-18(14-21(20)28-29)26-24(30)23-13-12-22(31-23)16-4-6-17(25)7-5-16/h2-14H,1H3,(H,26,30). The monoisotopic (exact) mass is 472 g/mol. The molecule has 0 aliphatic rings. The number of carbonyl (C=O) groups is 1. The zero-order valence-corrected chi connectivity index (χ0v) is 18.1. The van der Waals surface area contributed by atoms with Crippen LogP contribution in [0.15, 0.2) is 87.8 Å². The first-order valence-electron chi connectivity index (χ1n) is 9.66. The van der Waals surface area contributed by atoms with Crippen LogP contribution in [0.3, 0.4) is 0 Å². The number of anilines is 1. The molecule has 2 heterocycles. The average Bonchev–Trinajstić information content (AvgIpc) is 3.42. The van der Waals surface area contributed by atoms with E-state index in [1.165, 1.54) is 5.56 Å². The third-order valence-corrected chi connectivity index (χ3v) is 5.39. The van der Waals surface area contributed by atoms with Crippen molar-refractivity contribution in [3.63, 3.8) is 0 Å². The lowest BCUT2D eigenvalue weighted by molar-refractivity contribution is 0.0997. The molecule has 1 N–H and O–H groups in total. The lowest BCUT2D eigenvalue weighted by atomic mass is 10.2. The predicted molar refractivity (Wildman–Crippen MR) is 123 cm³/mol. The molecule has 31 heavy (non-hydrogen) atoms. The van der Waals surface area contributed by atoms with Crippen molar-refractivity contribution in [2.75, 3.05) is 5.32 Å².